The number of aromatic carboxylic acids is 1. The molecular weight excluding hydrogens is 274 g/mol. The Kier molecular flexibility index (Phi) is 3.80. The molecule has 2 rings (SSSR count). The van der Waals surface area contributed by atoms with Crippen LogP contribution in [-0.2, 0) is 0 Å². The summed E-state index contributed by atoms with van der Waals surface area (Å²) in [6.07, 6.45) is 0. The molecule has 0 aliphatic rings. The number of nitrogens with one attached hydrogen (secondary N) is 1. The minimum absolute atomic E-state index is 0.00521. The van der Waals surface area contributed by atoms with Crippen molar-refractivity contribution in [3.8, 4) is 11.5 Å². The molecular formula is C15H13NO5. The van der Waals surface area contributed by atoms with Gasteiger partial charge in [-0.25, -0.2) is 4.79 Å². The van der Waals surface area contributed by atoms with Crippen LogP contribution in [0.5, 0.6) is 11.5 Å². The second kappa shape index (κ2) is 5.54. The van der Waals surface area contributed by atoms with Crippen molar-refractivity contribution in [3.05, 3.63) is 53.1 Å². The van der Waals surface area contributed by atoms with Gasteiger partial charge in [0.25, 0.3) is 5.91 Å². The maximum absolute atomic E-state index is 12.1. The van der Waals surface area contributed by atoms with E-state index in [0.717, 1.165) is 0 Å². The largest absolute Gasteiger partial charge is 0.508 e. The lowest BCUT2D eigenvalue weighted by Gasteiger charge is -2.09. The average molecular weight is 287 g/mol. The van der Waals surface area contributed by atoms with Crippen molar-refractivity contribution >= 4 is 17.6 Å². The zero-order chi connectivity index (χ0) is 15.6. The van der Waals surface area contributed by atoms with Crippen LogP contribution in [0.15, 0.2) is 36.4 Å². The van der Waals surface area contributed by atoms with Gasteiger partial charge in [-0.2, -0.15) is 0 Å². The number of aromatic hydroxyl groups is 2. The van der Waals surface area contributed by atoms with Gasteiger partial charge in [-0.3, -0.25) is 4.79 Å². The Morgan fingerprint density at radius 2 is 1.57 bits per heavy atom. The third kappa shape index (κ3) is 3.11. The number of carbonyl (C=O) groups excluding carboxylic acids is 1. The standard InChI is InChI=1S/C15H13NO5/c1-8-6-9(2-4-12(8)17)14(19)16-11-7-10(15(20)21)3-5-13(11)18/h2-7,17-18H,1H3,(H,16,19)(H,20,21). The number of carbonyl (C=O) groups is 2. The number of carboxylic acid groups (broad SMARTS) is 1. The number of hydrogen-bond donors (Lipinski definition) is 4. The number of benzene rings is 2. The molecule has 0 bridgehead atoms. The first-order valence-corrected chi connectivity index (χ1v) is 6.06. The van der Waals surface area contributed by atoms with Crippen molar-refractivity contribution in [2.45, 2.75) is 6.92 Å². The van der Waals surface area contributed by atoms with Gasteiger partial charge in [0.05, 0.1) is 11.3 Å². The molecule has 6 nitrogen and oxygen atoms in total. The lowest BCUT2D eigenvalue weighted by Crippen LogP contribution is -2.12. The molecule has 0 fully saturated rings. The quantitative estimate of drug-likeness (QED) is 0.648. The van der Waals surface area contributed by atoms with E-state index in [9.17, 15) is 19.8 Å². The molecule has 6 heteroatoms. The molecule has 0 aromatic heterocycles. The number of carboxylic acids is 1. The van der Waals surface area contributed by atoms with Crippen molar-refractivity contribution < 1.29 is 24.9 Å². The summed E-state index contributed by atoms with van der Waals surface area (Å²) in [5.74, 6) is -1.84. The number of hydrogen-bond acceptors (Lipinski definition) is 4. The van der Waals surface area contributed by atoms with E-state index in [2.05, 4.69) is 5.32 Å². The summed E-state index contributed by atoms with van der Waals surface area (Å²) in [5, 5.41) is 30.4. The number of aryl methyl sites for hydroxylation is 1. The highest BCUT2D eigenvalue weighted by molar-refractivity contribution is 6.05. The molecule has 0 unspecified atom stereocenters. The topological polar surface area (TPSA) is 107 Å². The fourth-order valence-corrected chi connectivity index (χ4v) is 1.76. The van der Waals surface area contributed by atoms with E-state index in [1.165, 1.54) is 36.4 Å². The van der Waals surface area contributed by atoms with E-state index in [1.54, 1.807) is 6.92 Å². The van der Waals surface area contributed by atoms with Gasteiger partial charge in [-0.05, 0) is 48.9 Å². The molecule has 108 valence electrons. The van der Waals surface area contributed by atoms with Crippen molar-refractivity contribution in [3.63, 3.8) is 0 Å². The molecule has 0 aliphatic heterocycles. The fourth-order valence-electron chi connectivity index (χ4n) is 1.76. The van der Waals surface area contributed by atoms with Crippen LogP contribution >= 0.6 is 0 Å². The van der Waals surface area contributed by atoms with Crippen LogP contribution in [0.2, 0.25) is 0 Å². The minimum atomic E-state index is -1.16. The molecule has 0 radical (unpaired) electrons. The minimum Gasteiger partial charge on any atom is -0.508 e. The highest BCUT2D eigenvalue weighted by atomic mass is 16.4. The van der Waals surface area contributed by atoms with Gasteiger partial charge >= 0.3 is 5.97 Å². The van der Waals surface area contributed by atoms with Gasteiger partial charge in [-0.15, -0.1) is 0 Å². The first kappa shape index (κ1) is 14.4. The first-order valence-electron chi connectivity index (χ1n) is 6.06. The molecule has 0 spiro atoms. The predicted molar refractivity (Wildman–Crippen MR) is 75.9 cm³/mol. The zero-order valence-corrected chi connectivity index (χ0v) is 11.1. The number of phenols is 2. The molecule has 4 N–H and O–H groups in total. The summed E-state index contributed by atoms with van der Waals surface area (Å²) in [7, 11) is 0. The third-order valence-corrected chi connectivity index (χ3v) is 2.95. The summed E-state index contributed by atoms with van der Waals surface area (Å²) in [5.41, 5.74) is 0.771. The molecule has 0 atom stereocenters. The third-order valence-electron chi connectivity index (χ3n) is 2.95. The number of phenolic OH excluding ortho intramolecular Hbond substituents is 2. The highest BCUT2D eigenvalue weighted by Gasteiger charge is 2.12. The monoisotopic (exact) mass is 287 g/mol. The van der Waals surface area contributed by atoms with E-state index in [0.29, 0.717) is 5.56 Å². The Hall–Kier alpha value is -3.02. The van der Waals surface area contributed by atoms with E-state index < -0.39 is 11.9 Å². The van der Waals surface area contributed by atoms with E-state index in [1.807, 2.05) is 0 Å². The van der Waals surface area contributed by atoms with Crippen LogP contribution in [0.1, 0.15) is 26.3 Å². The summed E-state index contributed by atoms with van der Waals surface area (Å²) in [6, 6.07) is 7.90. The zero-order valence-electron chi connectivity index (χ0n) is 11.1. The van der Waals surface area contributed by atoms with Crippen LogP contribution in [0.4, 0.5) is 5.69 Å². The number of anilines is 1. The van der Waals surface area contributed by atoms with Crippen LogP contribution in [-0.4, -0.2) is 27.2 Å². The molecule has 0 aliphatic carbocycles. The highest BCUT2D eigenvalue weighted by Crippen LogP contribution is 2.25. The van der Waals surface area contributed by atoms with Gasteiger partial charge < -0.3 is 20.6 Å². The van der Waals surface area contributed by atoms with E-state index in [4.69, 9.17) is 5.11 Å². The lowest BCUT2D eigenvalue weighted by atomic mass is 10.1. The maximum Gasteiger partial charge on any atom is 0.335 e. The second-order valence-electron chi connectivity index (χ2n) is 4.49. The molecule has 2 aromatic carbocycles. The second-order valence-corrected chi connectivity index (χ2v) is 4.49. The van der Waals surface area contributed by atoms with E-state index >= 15 is 0 Å². The molecule has 21 heavy (non-hydrogen) atoms. The van der Waals surface area contributed by atoms with Crippen LogP contribution < -0.4 is 5.32 Å². The summed E-state index contributed by atoms with van der Waals surface area (Å²) < 4.78 is 0. The van der Waals surface area contributed by atoms with Crippen molar-refractivity contribution in [2.75, 3.05) is 5.32 Å². The molecule has 0 heterocycles. The Morgan fingerprint density at radius 3 is 2.19 bits per heavy atom. The molecule has 0 saturated carbocycles. The summed E-state index contributed by atoms with van der Waals surface area (Å²) >= 11 is 0. The molecule has 1 amide bonds. The summed E-state index contributed by atoms with van der Waals surface area (Å²) in [4.78, 5) is 22.9. The Labute approximate surface area is 120 Å². The van der Waals surface area contributed by atoms with Crippen LogP contribution in [0, 0.1) is 6.92 Å². The lowest BCUT2D eigenvalue weighted by molar-refractivity contribution is 0.0696. The molecule has 0 saturated heterocycles. The van der Waals surface area contributed by atoms with Gasteiger partial charge in [0.1, 0.15) is 11.5 Å². The number of rotatable bonds is 3. The van der Waals surface area contributed by atoms with Crippen LogP contribution in [0.25, 0.3) is 0 Å². The smallest absolute Gasteiger partial charge is 0.335 e. The van der Waals surface area contributed by atoms with Crippen molar-refractivity contribution in [1.82, 2.24) is 0 Å². The Balaban J connectivity index is 2.28. The SMILES string of the molecule is Cc1cc(C(=O)Nc2cc(C(=O)O)ccc2O)ccc1O. The van der Waals surface area contributed by atoms with Gasteiger partial charge in [0, 0.05) is 5.56 Å². The van der Waals surface area contributed by atoms with Crippen LogP contribution in [0.3, 0.4) is 0 Å². The summed E-state index contributed by atoms with van der Waals surface area (Å²) in [6.45, 7) is 1.65. The fraction of sp³-hybridized carbons (Fsp3) is 0.0667. The first-order chi connectivity index (χ1) is 9.88. The van der Waals surface area contributed by atoms with Crippen molar-refractivity contribution in [1.29, 1.82) is 0 Å². The van der Waals surface area contributed by atoms with E-state index in [-0.39, 0.29) is 28.3 Å². The maximum atomic E-state index is 12.1. The Morgan fingerprint density at radius 1 is 0.952 bits per heavy atom. The van der Waals surface area contributed by atoms with Gasteiger partial charge in [-0.1, -0.05) is 0 Å². The Bertz CT molecular complexity index is 724. The molecule has 2 aromatic rings. The average Bonchev–Trinajstić information content (AvgIpc) is 2.43. The van der Waals surface area contributed by atoms with Gasteiger partial charge in [0.15, 0.2) is 0 Å². The number of amides is 1. The predicted octanol–water partition coefficient (Wildman–Crippen LogP) is 2.36. The van der Waals surface area contributed by atoms with Gasteiger partial charge in [0.2, 0.25) is 0 Å². The normalized spacial score (nSPS) is 10.1. The van der Waals surface area contributed by atoms with Crippen molar-refractivity contribution in [2.24, 2.45) is 0 Å².